The van der Waals surface area contributed by atoms with Crippen LogP contribution in [0.1, 0.15) is 43.2 Å². The second-order valence-corrected chi connectivity index (χ2v) is 6.40. The molecule has 2 aliphatic rings. The van der Waals surface area contributed by atoms with E-state index in [1.54, 1.807) is 0 Å². The van der Waals surface area contributed by atoms with E-state index < -0.39 is 0 Å². The van der Waals surface area contributed by atoms with E-state index in [4.69, 9.17) is 15.2 Å². The summed E-state index contributed by atoms with van der Waals surface area (Å²) in [4.78, 5) is 0. The molecule has 1 aliphatic carbocycles. The Morgan fingerprint density at radius 3 is 2.58 bits per heavy atom. The van der Waals surface area contributed by atoms with E-state index in [0.717, 1.165) is 28.8 Å². The molecule has 3 rings (SSSR count). The minimum Gasteiger partial charge on any atom is -0.486 e. The van der Waals surface area contributed by atoms with Gasteiger partial charge in [0, 0.05) is 5.54 Å². The van der Waals surface area contributed by atoms with Crippen molar-refractivity contribution >= 4 is 15.9 Å². The monoisotopic (exact) mass is 325 g/mol. The van der Waals surface area contributed by atoms with E-state index in [-0.39, 0.29) is 5.54 Å². The van der Waals surface area contributed by atoms with Gasteiger partial charge in [-0.1, -0.05) is 19.3 Å². The lowest BCUT2D eigenvalue weighted by molar-refractivity contribution is 0.169. The van der Waals surface area contributed by atoms with Crippen LogP contribution in [0.25, 0.3) is 0 Å². The van der Waals surface area contributed by atoms with Crippen LogP contribution in [-0.4, -0.2) is 13.2 Å². The van der Waals surface area contributed by atoms with Gasteiger partial charge in [0.05, 0.1) is 4.47 Å². The Balaban J connectivity index is 2.08. The highest BCUT2D eigenvalue weighted by Gasteiger charge is 2.33. The number of nitrogens with two attached hydrogens (primary N) is 1. The molecule has 0 atom stereocenters. The second-order valence-electron chi connectivity index (χ2n) is 5.60. The zero-order chi connectivity index (χ0) is 13.5. The minimum absolute atomic E-state index is 0.208. The molecule has 19 heavy (non-hydrogen) atoms. The summed E-state index contributed by atoms with van der Waals surface area (Å²) >= 11 is 3.65. The molecule has 1 fully saturated rings. The van der Waals surface area contributed by atoms with Gasteiger partial charge < -0.3 is 15.2 Å². The van der Waals surface area contributed by atoms with Crippen molar-refractivity contribution in [1.29, 1.82) is 0 Å². The second kappa shape index (κ2) is 4.98. The van der Waals surface area contributed by atoms with Crippen LogP contribution >= 0.6 is 15.9 Å². The van der Waals surface area contributed by atoms with Gasteiger partial charge >= 0.3 is 0 Å². The van der Waals surface area contributed by atoms with Crippen molar-refractivity contribution in [3.8, 4) is 11.5 Å². The van der Waals surface area contributed by atoms with Gasteiger partial charge in [-0.25, -0.2) is 0 Å². The summed E-state index contributed by atoms with van der Waals surface area (Å²) in [7, 11) is 0. The summed E-state index contributed by atoms with van der Waals surface area (Å²) in [6, 6.07) is 2.10. The first-order chi connectivity index (χ1) is 9.12. The van der Waals surface area contributed by atoms with E-state index in [1.807, 2.05) is 0 Å². The summed E-state index contributed by atoms with van der Waals surface area (Å²) in [5, 5.41) is 0. The summed E-state index contributed by atoms with van der Waals surface area (Å²) in [6.45, 7) is 3.33. The molecule has 2 N–H and O–H groups in total. The van der Waals surface area contributed by atoms with Gasteiger partial charge in [-0.3, -0.25) is 0 Å². The number of fused-ring (bicyclic) bond motifs is 1. The predicted octanol–water partition coefficient (Wildman–Crippen LogP) is 3.65. The normalized spacial score (nSPS) is 21.2. The first-order valence-corrected chi connectivity index (χ1v) is 7.79. The maximum Gasteiger partial charge on any atom is 0.175 e. The number of hydrogen-bond donors (Lipinski definition) is 1. The molecule has 0 radical (unpaired) electrons. The Hall–Kier alpha value is -0.740. The van der Waals surface area contributed by atoms with E-state index in [9.17, 15) is 0 Å². The van der Waals surface area contributed by atoms with Crippen LogP contribution in [-0.2, 0) is 5.54 Å². The molecular formula is C15H20BrNO2. The molecule has 4 heteroatoms. The zero-order valence-electron chi connectivity index (χ0n) is 11.3. The Morgan fingerprint density at radius 2 is 1.84 bits per heavy atom. The highest BCUT2D eigenvalue weighted by molar-refractivity contribution is 9.10. The first kappa shape index (κ1) is 13.3. The minimum atomic E-state index is -0.208. The fraction of sp³-hybridized carbons (Fsp3) is 0.600. The van der Waals surface area contributed by atoms with Gasteiger partial charge in [-0.15, -0.1) is 0 Å². The van der Waals surface area contributed by atoms with Crippen molar-refractivity contribution in [3.05, 3.63) is 21.7 Å². The lowest BCUT2D eigenvalue weighted by Gasteiger charge is -2.36. The Kier molecular flexibility index (Phi) is 3.48. The summed E-state index contributed by atoms with van der Waals surface area (Å²) < 4.78 is 12.4. The average Bonchev–Trinajstić information content (AvgIpc) is 2.43. The van der Waals surface area contributed by atoms with Crippen LogP contribution in [0.5, 0.6) is 11.5 Å². The van der Waals surface area contributed by atoms with Crippen LogP contribution in [0.15, 0.2) is 10.5 Å². The summed E-state index contributed by atoms with van der Waals surface area (Å²) in [5.74, 6) is 1.65. The van der Waals surface area contributed by atoms with E-state index in [1.165, 1.54) is 30.4 Å². The third-order valence-corrected chi connectivity index (χ3v) is 5.26. The van der Waals surface area contributed by atoms with Crippen molar-refractivity contribution in [3.63, 3.8) is 0 Å². The van der Waals surface area contributed by atoms with Gasteiger partial charge in [0.15, 0.2) is 11.5 Å². The molecule has 1 saturated carbocycles. The van der Waals surface area contributed by atoms with Crippen molar-refractivity contribution in [2.75, 3.05) is 13.2 Å². The smallest absolute Gasteiger partial charge is 0.175 e. The first-order valence-electron chi connectivity index (χ1n) is 7.00. The van der Waals surface area contributed by atoms with Gasteiger partial charge in [0.25, 0.3) is 0 Å². The molecule has 0 saturated heterocycles. The lowest BCUT2D eigenvalue weighted by atomic mass is 9.76. The summed E-state index contributed by atoms with van der Waals surface area (Å²) in [5.41, 5.74) is 8.86. The topological polar surface area (TPSA) is 44.5 Å². The van der Waals surface area contributed by atoms with Crippen LogP contribution in [0, 0.1) is 6.92 Å². The predicted molar refractivity (Wildman–Crippen MR) is 78.8 cm³/mol. The molecule has 1 heterocycles. The highest BCUT2D eigenvalue weighted by atomic mass is 79.9. The van der Waals surface area contributed by atoms with Gasteiger partial charge in [-0.2, -0.15) is 0 Å². The molecule has 1 aromatic rings. The van der Waals surface area contributed by atoms with Crippen molar-refractivity contribution < 1.29 is 9.47 Å². The standard InChI is InChI=1S/C15H20BrNO2/c1-10-11(15(17)5-3-2-4-6-15)9-12-14(13(10)16)19-8-7-18-12/h9H,2-8,17H2,1H3. The van der Waals surface area contributed by atoms with Crippen LogP contribution in [0.2, 0.25) is 0 Å². The van der Waals surface area contributed by atoms with Crippen molar-refractivity contribution in [2.24, 2.45) is 5.73 Å². The molecule has 0 unspecified atom stereocenters. The van der Waals surface area contributed by atoms with E-state index in [0.29, 0.717) is 13.2 Å². The maximum absolute atomic E-state index is 6.67. The Morgan fingerprint density at radius 1 is 1.16 bits per heavy atom. The molecule has 0 spiro atoms. The molecule has 1 aliphatic heterocycles. The average molecular weight is 326 g/mol. The number of rotatable bonds is 1. The SMILES string of the molecule is Cc1c(C2(N)CCCCC2)cc2c(c1Br)OCCO2. The van der Waals surface area contributed by atoms with Gasteiger partial charge in [0.1, 0.15) is 13.2 Å². The fourth-order valence-corrected chi connectivity index (χ4v) is 3.73. The van der Waals surface area contributed by atoms with Crippen LogP contribution < -0.4 is 15.2 Å². The van der Waals surface area contributed by atoms with Crippen molar-refractivity contribution in [1.82, 2.24) is 0 Å². The number of ether oxygens (including phenoxy) is 2. The third-order valence-electron chi connectivity index (χ3n) is 4.30. The number of benzene rings is 1. The fourth-order valence-electron chi connectivity index (χ4n) is 3.21. The number of halogens is 1. The maximum atomic E-state index is 6.67. The molecule has 104 valence electrons. The molecule has 0 amide bonds. The molecular weight excluding hydrogens is 306 g/mol. The third kappa shape index (κ3) is 2.25. The lowest BCUT2D eigenvalue weighted by Crippen LogP contribution is -2.39. The van der Waals surface area contributed by atoms with Gasteiger partial charge in [0.2, 0.25) is 0 Å². The Labute approximate surface area is 122 Å². The molecule has 1 aromatic carbocycles. The number of hydrogen-bond acceptors (Lipinski definition) is 3. The van der Waals surface area contributed by atoms with E-state index >= 15 is 0 Å². The molecule has 0 aromatic heterocycles. The van der Waals surface area contributed by atoms with Gasteiger partial charge in [-0.05, 0) is 52.9 Å². The molecule has 0 bridgehead atoms. The largest absolute Gasteiger partial charge is 0.486 e. The Bertz CT molecular complexity index is 495. The van der Waals surface area contributed by atoms with Crippen LogP contribution in [0.3, 0.4) is 0 Å². The van der Waals surface area contributed by atoms with Crippen LogP contribution in [0.4, 0.5) is 0 Å². The summed E-state index contributed by atoms with van der Waals surface area (Å²) in [6.07, 6.45) is 5.83. The highest BCUT2D eigenvalue weighted by Crippen LogP contribution is 2.46. The quantitative estimate of drug-likeness (QED) is 0.857. The van der Waals surface area contributed by atoms with E-state index in [2.05, 4.69) is 28.9 Å². The zero-order valence-corrected chi connectivity index (χ0v) is 12.9. The van der Waals surface area contributed by atoms with Crippen molar-refractivity contribution in [2.45, 2.75) is 44.6 Å². The molecule has 3 nitrogen and oxygen atoms in total.